The van der Waals surface area contributed by atoms with Crippen LogP contribution in [0.15, 0.2) is 49.2 Å². The maximum atomic E-state index is 13.4. The number of amides is 1. The molecule has 7 heteroatoms. The van der Waals surface area contributed by atoms with Crippen molar-refractivity contribution in [2.45, 2.75) is 31.8 Å². The SMILES string of the molecule is CN(C)C1CCN(C(=O)c2cc(-c3cnc(-c4cccnc4)nc3)cn2CC2CC2)C1. The quantitative estimate of drug-likeness (QED) is 0.617. The lowest BCUT2D eigenvalue weighted by Crippen LogP contribution is -2.35. The first-order valence-corrected chi connectivity index (χ1v) is 11.0. The molecule has 2 fully saturated rings. The molecule has 3 aromatic heterocycles. The lowest BCUT2D eigenvalue weighted by atomic mass is 10.1. The molecule has 160 valence electrons. The van der Waals surface area contributed by atoms with E-state index in [-0.39, 0.29) is 5.91 Å². The second-order valence-corrected chi connectivity index (χ2v) is 8.90. The zero-order valence-corrected chi connectivity index (χ0v) is 18.1. The summed E-state index contributed by atoms with van der Waals surface area (Å²) in [4.78, 5) is 30.8. The summed E-state index contributed by atoms with van der Waals surface area (Å²) in [7, 11) is 4.17. The standard InChI is InChI=1S/C24H28N6O/c1-28(2)21-7-9-29(16-21)24(31)22-10-19(15-30(22)14-17-5-6-17)20-12-26-23(27-13-20)18-4-3-8-25-11-18/h3-4,8,10-13,15,17,21H,5-7,9,14,16H2,1-2H3. The van der Waals surface area contributed by atoms with Gasteiger partial charge in [0.2, 0.25) is 0 Å². The zero-order chi connectivity index (χ0) is 21.4. The average molecular weight is 417 g/mol. The van der Waals surface area contributed by atoms with Crippen molar-refractivity contribution in [3.05, 3.63) is 54.9 Å². The third-order valence-electron chi connectivity index (χ3n) is 6.35. The molecule has 1 saturated heterocycles. The van der Waals surface area contributed by atoms with Gasteiger partial charge in [0.25, 0.3) is 5.91 Å². The van der Waals surface area contributed by atoms with E-state index in [0.29, 0.717) is 17.8 Å². The molecule has 1 saturated carbocycles. The fourth-order valence-corrected chi connectivity index (χ4v) is 4.21. The molecule has 1 aliphatic heterocycles. The first kappa shape index (κ1) is 19.9. The molecule has 1 unspecified atom stereocenters. The molecule has 4 heterocycles. The predicted molar refractivity (Wildman–Crippen MR) is 119 cm³/mol. The molecule has 5 rings (SSSR count). The van der Waals surface area contributed by atoms with Crippen LogP contribution >= 0.6 is 0 Å². The van der Waals surface area contributed by atoms with Gasteiger partial charge in [-0.3, -0.25) is 9.78 Å². The van der Waals surface area contributed by atoms with E-state index in [1.54, 1.807) is 12.4 Å². The van der Waals surface area contributed by atoms with Crippen molar-refractivity contribution in [1.29, 1.82) is 0 Å². The van der Waals surface area contributed by atoms with Crippen LogP contribution in [0.3, 0.4) is 0 Å². The predicted octanol–water partition coefficient (Wildman–Crippen LogP) is 3.19. The number of aromatic nitrogens is 4. The van der Waals surface area contributed by atoms with Gasteiger partial charge in [0.05, 0.1) is 0 Å². The van der Waals surface area contributed by atoms with Gasteiger partial charge >= 0.3 is 0 Å². The lowest BCUT2D eigenvalue weighted by Gasteiger charge is -2.21. The smallest absolute Gasteiger partial charge is 0.270 e. The van der Waals surface area contributed by atoms with Crippen LogP contribution in [-0.4, -0.2) is 68.5 Å². The molecule has 7 nitrogen and oxygen atoms in total. The minimum absolute atomic E-state index is 0.129. The summed E-state index contributed by atoms with van der Waals surface area (Å²) in [6.07, 6.45) is 12.8. The summed E-state index contributed by atoms with van der Waals surface area (Å²) in [5.74, 6) is 1.46. The molecular formula is C24H28N6O. The second-order valence-electron chi connectivity index (χ2n) is 8.90. The van der Waals surface area contributed by atoms with Crippen LogP contribution in [0.25, 0.3) is 22.5 Å². The highest BCUT2D eigenvalue weighted by molar-refractivity contribution is 5.94. The Morgan fingerprint density at radius 3 is 2.55 bits per heavy atom. The molecule has 3 aromatic rings. The number of nitrogens with zero attached hydrogens (tertiary/aromatic N) is 6. The normalized spacial score (nSPS) is 18.7. The molecular weight excluding hydrogens is 388 g/mol. The van der Waals surface area contributed by atoms with Crippen molar-refractivity contribution in [2.24, 2.45) is 5.92 Å². The van der Waals surface area contributed by atoms with Crippen molar-refractivity contribution < 1.29 is 4.79 Å². The van der Waals surface area contributed by atoms with Crippen LogP contribution in [0.1, 0.15) is 29.8 Å². The van der Waals surface area contributed by atoms with Crippen LogP contribution < -0.4 is 0 Å². The first-order valence-electron chi connectivity index (χ1n) is 11.0. The number of likely N-dealkylation sites (tertiary alicyclic amines) is 1. The largest absolute Gasteiger partial charge is 0.343 e. The van der Waals surface area contributed by atoms with Crippen molar-refractivity contribution in [2.75, 3.05) is 27.2 Å². The van der Waals surface area contributed by atoms with E-state index < -0.39 is 0 Å². The Kier molecular flexibility index (Phi) is 5.28. The molecule has 0 aromatic carbocycles. The number of rotatable bonds is 6. The van der Waals surface area contributed by atoms with Gasteiger partial charge in [0.1, 0.15) is 5.69 Å². The third kappa shape index (κ3) is 4.23. The van der Waals surface area contributed by atoms with E-state index in [2.05, 4.69) is 44.7 Å². The van der Waals surface area contributed by atoms with Crippen molar-refractivity contribution in [1.82, 2.24) is 29.3 Å². The first-order chi connectivity index (χ1) is 15.1. The monoisotopic (exact) mass is 416 g/mol. The highest BCUT2D eigenvalue weighted by Gasteiger charge is 2.31. The molecule has 0 N–H and O–H groups in total. The van der Waals surface area contributed by atoms with Gasteiger partial charge in [-0.05, 0) is 57.5 Å². The maximum Gasteiger partial charge on any atom is 0.270 e. The molecule has 0 spiro atoms. The second kappa shape index (κ2) is 8.23. The number of pyridine rings is 1. The Balaban J connectivity index is 1.41. The van der Waals surface area contributed by atoms with E-state index in [9.17, 15) is 4.79 Å². The van der Waals surface area contributed by atoms with Crippen molar-refractivity contribution in [3.63, 3.8) is 0 Å². The van der Waals surface area contributed by atoms with Gasteiger partial charge in [-0.15, -0.1) is 0 Å². The molecule has 1 atom stereocenters. The Hall–Kier alpha value is -3.06. The summed E-state index contributed by atoms with van der Waals surface area (Å²) >= 11 is 0. The van der Waals surface area contributed by atoms with Gasteiger partial charge in [0, 0.05) is 73.4 Å². The van der Waals surface area contributed by atoms with E-state index in [4.69, 9.17) is 0 Å². The fourth-order valence-electron chi connectivity index (χ4n) is 4.21. The molecule has 1 amide bonds. The summed E-state index contributed by atoms with van der Waals surface area (Å²) in [6, 6.07) is 6.27. The average Bonchev–Trinajstić information content (AvgIpc) is 3.30. The van der Waals surface area contributed by atoms with Gasteiger partial charge < -0.3 is 14.4 Å². The molecule has 31 heavy (non-hydrogen) atoms. The van der Waals surface area contributed by atoms with Gasteiger partial charge in [-0.25, -0.2) is 9.97 Å². The van der Waals surface area contributed by atoms with E-state index in [1.165, 1.54) is 12.8 Å². The van der Waals surface area contributed by atoms with Gasteiger partial charge in [0.15, 0.2) is 5.82 Å². The van der Waals surface area contributed by atoms with Gasteiger partial charge in [-0.1, -0.05) is 0 Å². The number of hydrogen-bond donors (Lipinski definition) is 0. The number of hydrogen-bond acceptors (Lipinski definition) is 5. The van der Waals surface area contributed by atoms with E-state index >= 15 is 0 Å². The van der Waals surface area contributed by atoms with Crippen LogP contribution in [0, 0.1) is 5.92 Å². The van der Waals surface area contributed by atoms with Crippen LogP contribution in [0.2, 0.25) is 0 Å². The zero-order valence-electron chi connectivity index (χ0n) is 18.1. The molecule has 2 aliphatic rings. The highest BCUT2D eigenvalue weighted by atomic mass is 16.2. The number of likely N-dealkylation sites (N-methyl/N-ethyl adjacent to an activating group) is 1. The van der Waals surface area contributed by atoms with E-state index in [1.807, 2.05) is 35.5 Å². The minimum atomic E-state index is 0.129. The Bertz CT molecular complexity index is 1060. The Labute approximate surface area is 182 Å². The van der Waals surface area contributed by atoms with Crippen molar-refractivity contribution >= 4 is 5.91 Å². The fraction of sp³-hybridized carbons (Fsp3) is 0.417. The topological polar surface area (TPSA) is 67.2 Å². The number of carbonyl (C=O) groups excluding carboxylic acids is 1. The summed E-state index contributed by atoms with van der Waals surface area (Å²) in [6.45, 7) is 2.51. The molecule has 1 aliphatic carbocycles. The van der Waals surface area contributed by atoms with Crippen molar-refractivity contribution in [3.8, 4) is 22.5 Å². The van der Waals surface area contributed by atoms with Crippen LogP contribution in [-0.2, 0) is 6.54 Å². The summed E-state index contributed by atoms with van der Waals surface area (Å²) < 4.78 is 2.15. The van der Waals surface area contributed by atoms with Crippen LogP contribution in [0.4, 0.5) is 0 Å². The Morgan fingerprint density at radius 2 is 1.90 bits per heavy atom. The minimum Gasteiger partial charge on any atom is -0.343 e. The highest BCUT2D eigenvalue weighted by Crippen LogP contribution is 2.33. The molecule has 0 radical (unpaired) electrons. The van der Waals surface area contributed by atoms with Crippen LogP contribution in [0.5, 0.6) is 0 Å². The summed E-state index contributed by atoms with van der Waals surface area (Å²) in [5, 5.41) is 0. The third-order valence-corrected chi connectivity index (χ3v) is 6.35. The number of carbonyl (C=O) groups is 1. The van der Waals surface area contributed by atoms with Gasteiger partial charge in [-0.2, -0.15) is 0 Å². The lowest BCUT2D eigenvalue weighted by molar-refractivity contribution is 0.0772. The maximum absolute atomic E-state index is 13.4. The molecule has 0 bridgehead atoms. The Morgan fingerprint density at radius 1 is 1.10 bits per heavy atom. The summed E-state index contributed by atoms with van der Waals surface area (Å²) in [5.41, 5.74) is 3.58. The van der Waals surface area contributed by atoms with E-state index in [0.717, 1.165) is 48.4 Å².